The van der Waals surface area contributed by atoms with Crippen LogP contribution in [0.15, 0.2) is 12.3 Å². The summed E-state index contributed by atoms with van der Waals surface area (Å²) in [4.78, 5) is 30.0. The number of halogens is 1. The van der Waals surface area contributed by atoms with Gasteiger partial charge >= 0.3 is 12.1 Å². The predicted molar refractivity (Wildman–Crippen MR) is 95.2 cm³/mol. The van der Waals surface area contributed by atoms with Crippen molar-refractivity contribution in [1.29, 1.82) is 0 Å². The number of hydrogen-bond acceptors (Lipinski definition) is 6. The van der Waals surface area contributed by atoms with Gasteiger partial charge in [-0.2, -0.15) is 0 Å². The van der Waals surface area contributed by atoms with E-state index in [-0.39, 0.29) is 5.15 Å². The number of alkyl carbamates (subject to hydrolysis) is 1. The van der Waals surface area contributed by atoms with Crippen molar-refractivity contribution in [3.63, 3.8) is 0 Å². The standard InChI is InChI=1S/C17H24ClN3O4/c1-16(2,3)25-15(23)20-17(4)6-7-21(10-17)12-8-13(18)19-9-11(12)14(22)24-5/h8-9H,6-7,10H2,1-5H3,(H,20,23)/t17-/m0/s1. The highest BCUT2D eigenvalue weighted by Gasteiger charge is 2.37. The summed E-state index contributed by atoms with van der Waals surface area (Å²) in [5.41, 5.74) is -0.0593. The van der Waals surface area contributed by atoms with Gasteiger partial charge in [-0.1, -0.05) is 11.6 Å². The summed E-state index contributed by atoms with van der Waals surface area (Å²) in [6.07, 6.45) is 1.64. The monoisotopic (exact) mass is 369 g/mol. The molecule has 1 aliphatic heterocycles. The van der Waals surface area contributed by atoms with E-state index in [1.807, 2.05) is 32.6 Å². The first-order valence-electron chi connectivity index (χ1n) is 8.03. The Balaban J connectivity index is 2.16. The van der Waals surface area contributed by atoms with Gasteiger partial charge in [-0.05, 0) is 40.2 Å². The van der Waals surface area contributed by atoms with E-state index in [0.29, 0.717) is 30.8 Å². The molecule has 0 spiro atoms. The molecule has 25 heavy (non-hydrogen) atoms. The number of aromatic nitrogens is 1. The third-order valence-corrected chi connectivity index (χ3v) is 4.08. The molecule has 1 aromatic rings. The smallest absolute Gasteiger partial charge is 0.408 e. The highest BCUT2D eigenvalue weighted by molar-refractivity contribution is 6.29. The van der Waals surface area contributed by atoms with Crippen molar-refractivity contribution in [3.8, 4) is 0 Å². The number of nitrogens with zero attached hydrogens (tertiary/aromatic N) is 2. The Kier molecular flexibility index (Phi) is 5.46. The molecule has 1 aliphatic rings. The van der Waals surface area contributed by atoms with Crippen molar-refractivity contribution in [2.24, 2.45) is 0 Å². The van der Waals surface area contributed by atoms with Gasteiger partial charge in [0.05, 0.1) is 18.3 Å². The van der Waals surface area contributed by atoms with Crippen LogP contribution in [0.1, 0.15) is 44.5 Å². The number of nitrogens with one attached hydrogen (secondary N) is 1. The molecule has 0 bridgehead atoms. The van der Waals surface area contributed by atoms with Crippen LogP contribution in [0.2, 0.25) is 5.15 Å². The summed E-state index contributed by atoms with van der Waals surface area (Å²) in [7, 11) is 1.32. The summed E-state index contributed by atoms with van der Waals surface area (Å²) in [5, 5.41) is 3.21. The first kappa shape index (κ1) is 19.3. The van der Waals surface area contributed by atoms with Gasteiger partial charge in [-0.3, -0.25) is 0 Å². The summed E-state index contributed by atoms with van der Waals surface area (Å²) in [5.74, 6) is -0.479. The summed E-state index contributed by atoms with van der Waals surface area (Å²) < 4.78 is 10.1. The Morgan fingerprint density at radius 2 is 2.08 bits per heavy atom. The lowest BCUT2D eigenvalue weighted by atomic mass is 10.0. The molecule has 0 saturated carbocycles. The molecule has 1 N–H and O–H groups in total. The second-order valence-corrected chi connectivity index (χ2v) is 7.76. The number of carbonyl (C=O) groups excluding carboxylic acids is 2. The van der Waals surface area contributed by atoms with Gasteiger partial charge in [-0.15, -0.1) is 0 Å². The average Bonchev–Trinajstić information content (AvgIpc) is 2.86. The van der Waals surface area contributed by atoms with Crippen molar-refractivity contribution in [2.45, 2.75) is 45.3 Å². The molecule has 2 rings (SSSR count). The number of hydrogen-bond donors (Lipinski definition) is 1. The molecule has 1 fully saturated rings. The maximum atomic E-state index is 12.1. The molecular weight excluding hydrogens is 346 g/mol. The highest BCUT2D eigenvalue weighted by atomic mass is 35.5. The maximum Gasteiger partial charge on any atom is 0.408 e. The van der Waals surface area contributed by atoms with Crippen LogP contribution in [-0.2, 0) is 9.47 Å². The molecule has 1 atom stereocenters. The normalized spacial score (nSPS) is 20.3. The fourth-order valence-electron chi connectivity index (χ4n) is 2.77. The van der Waals surface area contributed by atoms with E-state index >= 15 is 0 Å². The third kappa shape index (κ3) is 4.98. The number of pyridine rings is 1. The minimum atomic E-state index is -0.560. The van der Waals surface area contributed by atoms with Crippen LogP contribution in [0.5, 0.6) is 0 Å². The molecular formula is C17H24ClN3O4. The van der Waals surface area contributed by atoms with E-state index in [1.165, 1.54) is 13.3 Å². The number of esters is 1. The second-order valence-electron chi connectivity index (χ2n) is 7.37. The topological polar surface area (TPSA) is 80.8 Å². The minimum absolute atomic E-state index is 0.288. The zero-order valence-electron chi connectivity index (χ0n) is 15.2. The predicted octanol–water partition coefficient (Wildman–Crippen LogP) is 3.02. The van der Waals surface area contributed by atoms with Gasteiger partial charge in [0.2, 0.25) is 0 Å². The first-order chi connectivity index (χ1) is 11.5. The number of methoxy groups -OCH3 is 1. The van der Waals surface area contributed by atoms with Crippen LogP contribution in [0.25, 0.3) is 0 Å². The molecule has 0 aliphatic carbocycles. The summed E-state index contributed by atoms with van der Waals surface area (Å²) in [6.45, 7) is 8.55. The zero-order chi connectivity index (χ0) is 18.8. The highest BCUT2D eigenvalue weighted by Crippen LogP contribution is 2.31. The molecule has 138 valence electrons. The summed E-state index contributed by atoms with van der Waals surface area (Å²) in [6, 6.07) is 1.63. The quantitative estimate of drug-likeness (QED) is 0.651. The SMILES string of the molecule is COC(=O)c1cnc(Cl)cc1N1CC[C@](C)(NC(=O)OC(C)(C)C)C1. The Morgan fingerprint density at radius 3 is 2.68 bits per heavy atom. The largest absolute Gasteiger partial charge is 0.465 e. The fourth-order valence-corrected chi connectivity index (χ4v) is 2.92. The van der Waals surface area contributed by atoms with Crippen molar-refractivity contribution in [2.75, 3.05) is 25.1 Å². The number of carbonyl (C=O) groups is 2. The molecule has 8 heteroatoms. The van der Waals surface area contributed by atoms with Gasteiger partial charge in [-0.25, -0.2) is 14.6 Å². The van der Waals surface area contributed by atoms with Crippen LogP contribution in [0, 0.1) is 0 Å². The maximum absolute atomic E-state index is 12.1. The van der Waals surface area contributed by atoms with Crippen molar-refractivity contribution in [3.05, 3.63) is 23.0 Å². The molecule has 1 aromatic heterocycles. The van der Waals surface area contributed by atoms with Crippen molar-refractivity contribution >= 4 is 29.4 Å². The van der Waals surface area contributed by atoms with Crippen LogP contribution < -0.4 is 10.2 Å². The molecule has 2 heterocycles. The van der Waals surface area contributed by atoms with Crippen LogP contribution >= 0.6 is 11.6 Å². The Labute approximate surface area is 152 Å². The fraction of sp³-hybridized carbons (Fsp3) is 0.588. The Morgan fingerprint density at radius 1 is 1.40 bits per heavy atom. The molecule has 1 amide bonds. The number of anilines is 1. The van der Waals surface area contributed by atoms with E-state index in [0.717, 1.165) is 0 Å². The van der Waals surface area contributed by atoms with Gasteiger partial charge in [0.1, 0.15) is 16.3 Å². The lowest BCUT2D eigenvalue weighted by Crippen LogP contribution is -2.49. The van der Waals surface area contributed by atoms with Crippen LogP contribution in [0.3, 0.4) is 0 Å². The molecule has 1 saturated heterocycles. The lowest BCUT2D eigenvalue weighted by molar-refractivity contribution is 0.0472. The van der Waals surface area contributed by atoms with E-state index in [2.05, 4.69) is 10.3 Å². The second kappa shape index (κ2) is 7.07. The van der Waals surface area contributed by atoms with Crippen molar-refractivity contribution in [1.82, 2.24) is 10.3 Å². The molecule has 0 unspecified atom stereocenters. The Hall–Kier alpha value is -2.02. The van der Waals surface area contributed by atoms with E-state index in [9.17, 15) is 9.59 Å². The molecule has 0 radical (unpaired) electrons. The van der Waals surface area contributed by atoms with E-state index in [4.69, 9.17) is 21.1 Å². The number of ether oxygens (including phenoxy) is 2. The Bertz CT molecular complexity index is 674. The third-order valence-electron chi connectivity index (χ3n) is 3.87. The average molecular weight is 370 g/mol. The number of amides is 1. The van der Waals surface area contributed by atoms with Gasteiger partial charge < -0.3 is 19.7 Å². The summed E-state index contributed by atoms with van der Waals surface area (Å²) >= 11 is 5.99. The van der Waals surface area contributed by atoms with E-state index in [1.54, 1.807) is 6.07 Å². The molecule has 7 nitrogen and oxygen atoms in total. The van der Waals surface area contributed by atoms with Crippen LogP contribution in [0.4, 0.5) is 10.5 Å². The van der Waals surface area contributed by atoms with Crippen LogP contribution in [-0.4, -0.2) is 48.4 Å². The van der Waals surface area contributed by atoms with Gasteiger partial charge in [0.15, 0.2) is 0 Å². The lowest BCUT2D eigenvalue weighted by Gasteiger charge is -2.29. The van der Waals surface area contributed by atoms with Gasteiger partial charge in [0, 0.05) is 19.3 Å². The molecule has 0 aromatic carbocycles. The van der Waals surface area contributed by atoms with E-state index < -0.39 is 23.2 Å². The minimum Gasteiger partial charge on any atom is -0.465 e. The number of rotatable bonds is 3. The van der Waals surface area contributed by atoms with Crippen molar-refractivity contribution < 1.29 is 19.1 Å². The van der Waals surface area contributed by atoms with Gasteiger partial charge in [0.25, 0.3) is 0 Å². The zero-order valence-corrected chi connectivity index (χ0v) is 15.9. The first-order valence-corrected chi connectivity index (χ1v) is 8.41.